The average Bonchev–Trinajstić information content (AvgIpc) is 2.73. The molecular weight excluding hydrogens is 346 g/mol. The van der Waals surface area contributed by atoms with E-state index in [1.165, 1.54) is 5.56 Å². The molecule has 140 valence electrons. The molecule has 0 unspecified atom stereocenters. The fourth-order valence-electron chi connectivity index (χ4n) is 3.02. The third kappa shape index (κ3) is 4.04. The number of fused-ring (bicyclic) bond motifs is 1. The Bertz CT molecular complexity index is 1060. The van der Waals surface area contributed by atoms with Crippen molar-refractivity contribution in [3.8, 4) is 0 Å². The molecule has 0 aliphatic carbocycles. The Balaban J connectivity index is 1.61. The number of benzene rings is 3. The zero-order valence-electron chi connectivity index (χ0n) is 16.1. The highest BCUT2D eigenvalue weighted by atomic mass is 15.1. The normalized spacial score (nSPS) is 10.6. The van der Waals surface area contributed by atoms with E-state index in [1.54, 1.807) is 0 Å². The van der Waals surface area contributed by atoms with Crippen LogP contribution in [-0.2, 0) is 6.54 Å². The lowest BCUT2D eigenvalue weighted by Crippen LogP contribution is -2.08. The maximum atomic E-state index is 4.73. The molecule has 1 aromatic heterocycles. The fourth-order valence-corrected chi connectivity index (χ4v) is 3.02. The lowest BCUT2D eigenvalue weighted by molar-refractivity contribution is 1.10. The van der Waals surface area contributed by atoms with Crippen LogP contribution in [-0.4, -0.2) is 24.1 Å². The predicted molar refractivity (Wildman–Crippen MR) is 117 cm³/mol. The minimum atomic E-state index is 0.576. The molecule has 4 aromatic rings. The van der Waals surface area contributed by atoms with Crippen LogP contribution in [0.1, 0.15) is 5.56 Å². The van der Waals surface area contributed by atoms with E-state index >= 15 is 0 Å². The van der Waals surface area contributed by atoms with Gasteiger partial charge in [-0.25, -0.2) is 4.98 Å². The van der Waals surface area contributed by atoms with Gasteiger partial charge in [0.2, 0.25) is 5.95 Å². The SMILES string of the molecule is CN(C)c1ccc(Nc2nc(NCc3ccccc3)c3ccccc3n2)cc1. The van der Waals surface area contributed by atoms with E-state index in [4.69, 9.17) is 4.98 Å². The van der Waals surface area contributed by atoms with Gasteiger partial charge in [-0.15, -0.1) is 0 Å². The molecule has 0 aliphatic rings. The summed E-state index contributed by atoms with van der Waals surface area (Å²) in [5.74, 6) is 1.40. The maximum absolute atomic E-state index is 4.73. The standard InChI is InChI=1S/C23H23N5/c1-28(2)19-14-12-18(13-15-19)25-23-26-21-11-7-6-10-20(21)22(27-23)24-16-17-8-4-3-5-9-17/h3-15H,16H2,1-2H3,(H2,24,25,26,27). The molecule has 1 heterocycles. The molecule has 2 N–H and O–H groups in total. The Morgan fingerprint density at radius 2 is 1.50 bits per heavy atom. The van der Waals surface area contributed by atoms with Gasteiger partial charge in [0, 0.05) is 37.4 Å². The van der Waals surface area contributed by atoms with Gasteiger partial charge in [-0.3, -0.25) is 0 Å². The summed E-state index contributed by atoms with van der Waals surface area (Å²) in [6.07, 6.45) is 0. The van der Waals surface area contributed by atoms with Crippen LogP contribution in [0.25, 0.3) is 10.9 Å². The molecule has 0 amide bonds. The Kier molecular flexibility index (Phi) is 5.06. The van der Waals surface area contributed by atoms with Crippen molar-refractivity contribution in [1.82, 2.24) is 9.97 Å². The number of aromatic nitrogens is 2. The number of rotatable bonds is 6. The Labute approximate surface area is 165 Å². The molecule has 0 saturated heterocycles. The van der Waals surface area contributed by atoms with E-state index < -0.39 is 0 Å². The van der Waals surface area contributed by atoms with Crippen LogP contribution in [0.5, 0.6) is 0 Å². The molecule has 0 radical (unpaired) electrons. The maximum Gasteiger partial charge on any atom is 0.229 e. The van der Waals surface area contributed by atoms with E-state index in [1.807, 2.05) is 68.7 Å². The number of anilines is 4. The van der Waals surface area contributed by atoms with Crippen molar-refractivity contribution in [2.24, 2.45) is 0 Å². The summed E-state index contributed by atoms with van der Waals surface area (Å²) in [7, 11) is 4.05. The topological polar surface area (TPSA) is 53.1 Å². The van der Waals surface area contributed by atoms with Gasteiger partial charge in [-0.1, -0.05) is 42.5 Å². The number of para-hydroxylation sites is 1. The minimum Gasteiger partial charge on any atom is -0.378 e. The summed E-state index contributed by atoms with van der Waals surface area (Å²) in [6.45, 7) is 0.707. The van der Waals surface area contributed by atoms with Gasteiger partial charge in [-0.05, 0) is 42.0 Å². The Hall–Kier alpha value is -3.60. The van der Waals surface area contributed by atoms with Crippen molar-refractivity contribution in [3.05, 3.63) is 84.4 Å². The first-order valence-corrected chi connectivity index (χ1v) is 9.28. The molecule has 3 aromatic carbocycles. The third-order valence-electron chi connectivity index (χ3n) is 4.55. The number of hydrogen-bond acceptors (Lipinski definition) is 5. The second kappa shape index (κ2) is 7.96. The van der Waals surface area contributed by atoms with Gasteiger partial charge in [-0.2, -0.15) is 4.98 Å². The largest absolute Gasteiger partial charge is 0.378 e. The number of hydrogen-bond donors (Lipinski definition) is 2. The lowest BCUT2D eigenvalue weighted by atomic mass is 10.2. The van der Waals surface area contributed by atoms with Crippen LogP contribution in [0.2, 0.25) is 0 Å². The molecule has 5 heteroatoms. The van der Waals surface area contributed by atoms with E-state index in [9.17, 15) is 0 Å². The van der Waals surface area contributed by atoms with E-state index in [2.05, 4.69) is 44.8 Å². The van der Waals surface area contributed by atoms with Crippen molar-refractivity contribution in [1.29, 1.82) is 0 Å². The second-order valence-corrected chi connectivity index (χ2v) is 6.82. The second-order valence-electron chi connectivity index (χ2n) is 6.82. The van der Waals surface area contributed by atoms with Crippen molar-refractivity contribution in [2.75, 3.05) is 29.6 Å². The molecule has 0 bridgehead atoms. The summed E-state index contributed by atoms with van der Waals surface area (Å²) in [6, 6.07) is 26.5. The predicted octanol–water partition coefficient (Wildman–Crippen LogP) is 5.05. The summed E-state index contributed by atoms with van der Waals surface area (Å²) >= 11 is 0. The molecule has 28 heavy (non-hydrogen) atoms. The van der Waals surface area contributed by atoms with Gasteiger partial charge < -0.3 is 15.5 Å². The molecule has 4 rings (SSSR count). The fraction of sp³-hybridized carbons (Fsp3) is 0.130. The zero-order valence-corrected chi connectivity index (χ0v) is 16.1. The quantitative estimate of drug-likeness (QED) is 0.498. The van der Waals surface area contributed by atoms with Gasteiger partial charge in [0.05, 0.1) is 5.52 Å². The lowest BCUT2D eigenvalue weighted by Gasteiger charge is -2.14. The Morgan fingerprint density at radius 1 is 0.786 bits per heavy atom. The van der Waals surface area contributed by atoms with Gasteiger partial charge in [0.25, 0.3) is 0 Å². The number of nitrogens with zero attached hydrogens (tertiary/aromatic N) is 3. The highest BCUT2D eigenvalue weighted by Crippen LogP contribution is 2.25. The molecule has 0 spiro atoms. The summed E-state index contributed by atoms with van der Waals surface area (Å²) in [5, 5.41) is 7.78. The Morgan fingerprint density at radius 3 is 2.25 bits per heavy atom. The molecular formula is C23H23N5. The van der Waals surface area contributed by atoms with Crippen molar-refractivity contribution in [2.45, 2.75) is 6.54 Å². The van der Waals surface area contributed by atoms with Crippen LogP contribution >= 0.6 is 0 Å². The monoisotopic (exact) mass is 369 g/mol. The van der Waals surface area contributed by atoms with Crippen LogP contribution in [0.3, 0.4) is 0 Å². The summed E-state index contributed by atoms with van der Waals surface area (Å²) in [4.78, 5) is 11.5. The molecule has 0 aliphatic heterocycles. The molecule has 0 saturated carbocycles. The van der Waals surface area contributed by atoms with Crippen LogP contribution < -0.4 is 15.5 Å². The van der Waals surface area contributed by atoms with Gasteiger partial charge >= 0.3 is 0 Å². The zero-order chi connectivity index (χ0) is 19.3. The van der Waals surface area contributed by atoms with Crippen LogP contribution in [0.15, 0.2) is 78.9 Å². The first-order valence-electron chi connectivity index (χ1n) is 9.28. The van der Waals surface area contributed by atoms with Crippen molar-refractivity contribution < 1.29 is 0 Å². The summed E-state index contributed by atoms with van der Waals surface area (Å²) < 4.78 is 0. The highest BCUT2D eigenvalue weighted by molar-refractivity contribution is 5.90. The molecule has 5 nitrogen and oxygen atoms in total. The van der Waals surface area contributed by atoms with Gasteiger partial charge in [0.1, 0.15) is 5.82 Å². The molecule has 0 fully saturated rings. The van der Waals surface area contributed by atoms with E-state index in [0.717, 1.165) is 28.1 Å². The minimum absolute atomic E-state index is 0.576. The van der Waals surface area contributed by atoms with E-state index in [0.29, 0.717) is 12.5 Å². The summed E-state index contributed by atoms with van der Waals surface area (Å²) in [5.41, 5.74) is 4.21. The van der Waals surface area contributed by atoms with Gasteiger partial charge in [0.15, 0.2) is 0 Å². The average molecular weight is 369 g/mol. The smallest absolute Gasteiger partial charge is 0.229 e. The van der Waals surface area contributed by atoms with Crippen LogP contribution in [0.4, 0.5) is 23.1 Å². The van der Waals surface area contributed by atoms with Crippen LogP contribution in [0, 0.1) is 0 Å². The third-order valence-corrected chi connectivity index (χ3v) is 4.55. The molecule has 0 atom stereocenters. The van der Waals surface area contributed by atoms with Crippen molar-refractivity contribution in [3.63, 3.8) is 0 Å². The first kappa shape index (κ1) is 17.8. The van der Waals surface area contributed by atoms with E-state index in [-0.39, 0.29) is 0 Å². The number of nitrogens with one attached hydrogen (secondary N) is 2. The first-order chi connectivity index (χ1) is 13.7. The highest BCUT2D eigenvalue weighted by Gasteiger charge is 2.08. The van der Waals surface area contributed by atoms with Crippen molar-refractivity contribution >= 4 is 34.0 Å².